The van der Waals surface area contributed by atoms with E-state index in [2.05, 4.69) is 5.32 Å². The normalized spacial score (nSPS) is 12.9. The lowest BCUT2D eigenvalue weighted by Gasteiger charge is -2.10. The summed E-state index contributed by atoms with van der Waals surface area (Å²) in [6.07, 6.45) is -0.758. The average Bonchev–Trinajstić information content (AvgIpc) is 2.66. The van der Waals surface area contributed by atoms with E-state index in [9.17, 15) is 5.11 Å². The molecule has 2 rings (SSSR count). The van der Waals surface area contributed by atoms with Crippen LogP contribution in [0.5, 0.6) is 0 Å². The highest BCUT2D eigenvalue weighted by atomic mass is 16.3. The number of aliphatic hydroxyl groups excluding tert-OH is 2. The van der Waals surface area contributed by atoms with Gasteiger partial charge in [-0.2, -0.15) is 0 Å². The van der Waals surface area contributed by atoms with E-state index in [0.29, 0.717) is 6.54 Å². The minimum atomic E-state index is -0.758. The Morgan fingerprint density at radius 1 is 1.44 bits per heavy atom. The first kappa shape index (κ1) is 11.0. The van der Waals surface area contributed by atoms with Crippen molar-refractivity contribution in [3.8, 4) is 0 Å². The number of hydrogen-bond donors (Lipinski definition) is 3. The average molecular weight is 221 g/mol. The predicted octanol–water partition coefficient (Wildman–Crippen LogP) is 1.51. The van der Waals surface area contributed by atoms with E-state index >= 15 is 0 Å². The summed E-state index contributed by atoms with van der Waals surface area (Å²) in [5.74, 6) is 0.854. The molecule has 0 bridgehead atoms. The summed E-state index contributed by atoms with van der Waals surface area (Å²) in [5.41, 5.74) is 1.61. The van der Waals surface area contributed by atoms with E-state index in [-0.39, 0.29) is 6.61 Å². The van der Waals surface area contributed by atoms with Crippen molar-refractivity contribution in [1.82, 2.24) is 0 Å². The summed E-state index contributed by atoms with van der Waals surface area (Å²) in [6, 6.07) is 7.74. The molecule has 3 N–H and O–H groups in total. The van der Waals surface area contributed by atoms with Crippen LogP contribution in [-0.2, 0) is 0 Å². The molecule has 86 valence electrons. The summed E-state index contributed by atoms with van der Waals surface area (Å²) in [5, 5.41) is 22.0. The van der Waals surface area contributed by atoms with Gasteiger partial charge < -0.3 is 19.9 Å². The molecule has 1 heterocycles. The monoisotopic (exact) mass is 221 g/mol. The van der Waals surface area contributed by atoms with Gasteiger partial charge in [0.05, 0.1) is 18.4 Å². The standard InChI is InChI=1S/C12H15NO3/c1-8-5-9-3-2-4-11(12(9)16-8)13-6-10(15)7-14/h2-5,10,13-15H,6-7H2,1H3. The van der Waals surface area contributed by atoms with Gasteiger partial charge in [0.1, 0.15) is 5.76 Å². The molecule has 0 saturated heterocycles. The van der Waals surface area contributed by atoms with Crippen molar-refractivity contribution < 1.29 is 14.6 Å². The number of hydrogen-bond acceptors (Lipinski definition) is 4. The van der Waals surface area contributed by atoms with Crippen LogP contribution in [0.2, 0.25) is 0 Å². The minimum Gasteiger partial charge on any atom is -0.459 e. The van der Waals surface area contributed by atoms with Gasteiger partial charge in [0, 0.05) is 11.9 Å². The zero-order valence-corrected chi connectivity index (χ0v) is 9.10. The van der Waals surface area contributed by atoms with Crippen molar-refractivity contribution in [2.45, 2.75) is 13.0 Å². The van der Waals surface area contributed by atoms with Crippen LogP contribution < -0.4 is 5.32 Å². The fourth-order valence-electron chi connectivity index (χ4n) is 1.62. The summed E-state index contributed by atoms with van der Waals surface area (Å²) in [6.45, 7) is 1.95. The van der Waals surface area contributed by atoms with Gasteiger partial charge in [-0.1, -0.05) is 12.1 Å². The number of aryl methyl sites for hydroxylation is 1. The fourth-order valence-corrected chi connectivity index (χ4v) is 1.62. The smallest absolute Gasteiger partial charge is 0.157 e. The third kappa shape index (κ3) is 2.18. The van der Waals surface area contributed by atoms with E-state index in [1.165, 1.54) is 0 Å². The van der Waals surface area contributed by atoms with Crippen molar-refractivity contribution in [3.63, 3.8) is 0 Å². The lowest BCUT2D eigenvalue weighted by molar-refractivity contribution is 0.105. The van der Waals surface area contributed by atoms with Crippen LogP contribution in [0.4, 0.5) is 5.69 Å². The van der Waals surface area contributed by atoms with Crippen LogP contribution in [0.3, 0.4) is 0 Å². The van der Waals surface area contributed by atoms with Crippen molar-refractivity contribution in [3.05, 3.63) is 30.0 Å². The number of nitrogens with one attached hydrogen (secondary N) is 1. The minimum absolute atomic E-state index is 0.250. The molecule has 1 atom stereocenters. The molecular formula is C12H15NO3. The van der Waals surface area contributed by atoms with Crippen LogP contribution in [0, 0.1) is 6.92 Å². The second-order valence-electron chi connectivity index (χ2n) is 3.80. The summed E-state index contributed by atoms with van der Waals surface area (Å²) in [7, 11) is 0. The van der Waals surface area contributed by atoms with Gasteiger partial charge in [-0.3, -0.25) is 0 Å². The largest absolute Gasteiger partial charge is 0.459 e. The lowest BCUT2D eigenvalue weighted by atomic mass is 10.2. The third-order valence-corrected chi connectivity index (χ3v) is 2.41. The maximum atomic E-state index is 9.25. The number of anilines is 1. The molecule has 2 aromatic rings. The van der Waals surface area contributed by atoms with Gasteiger partial charge >= 0.3 is 0 Å². The molecule has 0 aliphatic carbocycles. The Morgan fingerprint density at radius 3 is 3.00 bits per heavy atom. The third-order valence-electron chi connectivity index (χ3n) is 2.41. The molecule has 0 saturated carbocycles. The second kappa shape index (κ2) is 4.55. The first-order valence-electron chi connectivity index (χ1n) is 5.22. The van der Waals surface area contributed by atoms with E-state index in [1.54, 1.807) is 0 Å². The van der Waals surface area contributed by atoms with Gasteiger partial charge in [-0.05, 0) is 19.1 Å². The molecule has 4 nitrogen and oxygen atoms in total. The molecule has 0 aliphatic rings. The highest BCUT2D eigenvalue weighted by Crippen LogP contribution is 2.26. The van der Waals surface area contributed by atoms with Gasteiger partial charge in [0.2, 0.25) is 0 Å². The Morgan fingerprint density at radius 2 is 2.25 bits per heavy atom. The van der Waals surface area contributed by atoms with E-state index in [4.69, 9.17) is 9.52 Å². The van der Waals surface area contributed by atoms with Crippen LogP contribution >= 0.6 is 0 Å². The Balaban J connectivity index is 2.23. The summed E-state index contributed by atoms with van der Waals surface area (Å²) in [4.78, 5) is 0. The number of furan rings is 1. The van der Waals surface area contributed by atoms with Crippen LogP contribution in [-0.4, -0.2) is 29.5 Å². The molecule has 0 fully saturated rings. The van der Waals surface area contributed by atoms with Gasteiger partial charge in [-0.15, -0.1) is 0 Å². The van der Waals surface area contributed by atoms with E-state index in [0.717, 1.165) is 22.4 Å². The van der Waals surface area contributed by atoms with E-state index in [1.807, 2.05) is 31.2 Å². The lowest BCUT2D eigenvalue weighted by Crippen LogP contribution is -2.22. The van der Waals surface area contributed by atoms with E-state index < -0.39 is 6.10 Å². The maximum Gasteiger partial charge on any atom is 0.157 e. The van der Waals surface area contributed by atoms with Crippen molar-refractivity contribution in [1.29, 1.82) is 0 Å². The first-order chi connectivity index (χ1) is 7.70. The number of rotatable bonds is 4. The predicted molar refractivity (Wildman–Crippen MR) is 62.5 cm³/mol. The van der Waals surface area contributed by atoms with Crippen LogP contribution in [0.1, 0.15) is 5.76 Å². The van der Waals surface area contributed by atoms with Gasteiger partial charge in [-0.25, -0.2) is 0 Å². The summed E-state index contributed by atoms with van der Waals surface area (Å²) >= 11 is 0. The zero-order valence-electron chi connectivity index (χ0n) is 9.10. The van der Waals surface area contributed by atoms with Crippen LogP contribution in [0.25, 0.3) is 11.0 Å². The molecule has 0 radical (unpaired) electrons. The summed E-state index contributed by atoms with van der Waals surface area (Å²) < 4.78 is 5.56. The molecule has 4 heteroatoms. The number of para-hydroxylation sites is 1. The second-order valence-corrected chi connectivity index (χ2v) is 3.80. The Labute approximate surface area is 93.5 Å². The Bertz CT molecular complexity index is 478. The number of fused-ring (bicyclic) bond motifs is 1. The number of benzene rings is 1. The van der Waals surface area contributed by atoms with Crippen molar-refractivity contribution in [2.75, 3.05) is 18.5 Å². The van der Waals surface area contributed by atoms with Gasteiger partial charge in [0.25, 0.3) is 0 Å². The van der Waals surface area contributed by atoms with Crippen LogP contribution in [0.15, 0.2) is 28.7 Å². The Kier molecular flexibility index (Phi) is 3.12. The molecule has 0 spiro atoms. The molecule has 0 amide bonds. The first-order valence-corrected chi connectivity index (χ1v) is 5.22. The zero-order chi connectivity index (χ0) is 11.5. The molecule has 1 unspecified atom stereocenters. The van der Waals surface area contributed by atoms with Crippen molar-refractivity contribution >= 4 is 16.7 Å². The van der Waals surface area contributed by atoms with Crippen molar-refractivity contribution in [2.24, 2.45) is 0 Å². The number of aliphatic hydroxyl groups is 2. The maximum absolute atomic E-state index is 9.25. The highest BCUT2D eigenvalue weighted by molar-refractivity contribution is 5.89. The molecule has 16 heavy (non-hydrogen) atoms. The fraction of sp³-hybridized carbons (Fsp3) is 0.333. The Hall–Kier alpha value is -1.52. The molecule has 1 aromatic heterocycles. The molecule has 1 aromatic carbocycles. The van der Waals surface area contributed by atoms with Gasteiger partial charge in [0.15, 0.2) is 5.58 Å². The topological polar surface area (TPSA) is 65.6 Å². The molecular weight excluding hydrogens is 206 g/mol. The SMILES string of the molecule is Cc1cc2cccc(NCC(O)CO)c2o1. The quantitative estimate of drug-likeness (QED) is 0.732. The highest BCUT2D eigenvalue weighted by Gasteiger charge is 2.07. The molecule has 0 aliphatic heterocycles.